The van der Waals surface area contributed by atoms with Crippen LogP contribution in [0, 0.1) is 17.6 Å². The maximum atomic E-state index is 14.7. The predicted octanol–water partition coefficient (Wildman–Crippen LogP) is 2.89. The molecule has 1 saturated heterocycles. The number of rotatable bonds is 5. The van der Waals surface area contributed by atoms with Gasteiger partial charge in [-0.2, -0.15) is 0 Å². The SMILES string of the molecule is CS(=O)(=O)N[C@@H]1CCN(C(=O)[C@@H]2C[C@H]2c2c(F)cccc2-c2ccccc2F)C1. The van der Waals surface area contributed by atoms with Crippen molar-refractivity contribution in [2.75, 3.05) is 19.3 Å². The van der Waals surface area contributed by atoms with Crippen LogP contribution in [0.15, 0.2) is 42.5 Å². The summed E-state index contributed by atoms with van der Waals surface area (Å²) in [4.78, 5) is 14.5. The van der Waals surface area contributed by atoms with Gasteiger partial charge in [-0.1, -0.05) is 30.3 Å². The Hall–Kier alpha value is -2.32. The Morgan fingerprint density at radius 1 is 1.07 bits per heavy atom. The molecule has 154 valence electrons. The highest BCUT2D eigenvalue weighted by Gasteiger charge is 2.49. The summed E-state index contributed by atoms with van der Waals surface area (Å²) in [5, 5.41) is 0. The highest BCUT2D eigenvalue weighted by atomic mass is 32.2. The predicted molar refractivity (Wildman–Crippen MR) is 106 cm³/mol. The number of sulfonamides is 1. The van der Waals surface area contributed by atoms with E-state index < -0.39 is 21.7 Å². The molecule has 5 nitrogen and oxygen atoms in total. The van der Waals surface area contributed by atoms with Gasteiger partial charge in [0, 0.05) is 30.6 Å². The standard InChI is InChI=1S/C21H22F2N2O3S/c1-29(27,28)24-13-9-10-25(12-13)21(26)17-11-16(17)20-15(6-4-8-19(20)23)14-5-2-3-7-18(14)22/h2-8,13,16-17,24H,9-12H2,1H3/t13-,16-,17-/m1/s1. The first-order valence-corrected chi connectivity index (χ1v) is 11.4. The fraction of sp³-hybridized carbons (Fsp3) is 0.381. The molecule has 1 amide bonds. The average Bonchev–Trinajstić information content (AvgIpc) is 3.30. The second-order valence-electron chi connectivity index (χ2n) is 7.79. The summed E-state index contributed by atoms with van der Waals surface area (Å²) < 4.78 is 54.3. The normalized spacial score (nSPS) is 24.0. The number of halogens is 2. The van der Waals surface area contributed by atoms with Gasteiger partial charge in [-0.3, -0.25) is 4.79 Å². The van der Waals surface area contributed by atoms with E-state index in [9.17, 15) is 22.0 Å². The van der Waals surface area contributed by atoms with Crippen molar-refractivity contribution < 1.29 is 22.0 Å². The molecule has 1 aliphatic carbocycles. The highest BCUT2D eigenvalue weighted by molar-refractivity contribution is 7.88. The lowest BCUT2D eigenvalue weighted by Gasteiger charge is -2.17. The van der Waals surface area contributed by atoms with E-state index in [1.54, 1.807) is 35.2 Å². The van der Waals surface area contributed by atoms with E-state index in [2.05, 4.69) is 4.72 Å². The maximum Gasteiger partial charge on any atom is 0.226 e. The smallest absolute Gasteiger partial charge is 0.226 e. The molecule has 1 heterocycles. The molecular weight excluding hydrogens is 398 g/mol. The zero-order valence-corrected chi connectivity index (χ0v) is 16.8. The van der Waals surface area contributed by atoms with Crippen molar-refractivity contribution in [3.8, 4) is 11.1 Å². The Morgan fingerprint density at radius 2 is 1.76 bits per heavy atom. The lowest BCUT2D eigenvalue weighted by molar-refractivity contribution is -0.131. The third kappa shape index (κ3) is 4.18. The lowest BCUT2D eigenvalue weighted by Crippen LogP contribution is -2.38. The van der Waals surface area contributed by atoms with Gasteiger partial charge in [-0.15, -0.1) is 0 Å². The molecule has 1 saturated carbocycles. The summed E-state index contributed by atoms with van der Waals surface area (Å²) in [6, 6.07) is 10.5. The van der Waals surface area contributed by atoms with E-state index in [0.717, 1.165) is 6.26 Å². The summed E-state index contributed by atoms with van der Waals surface area (Å²) in [5.74, 6) is -1.65. The van der Waals surface area contributed by atoms with Gasteiger partial charge in [0.05, 0.1) is 6.26 Å². The average molecular weight is 420 g/mol. The fourth-order valence-electron chi connectivity index (χ4n) is 4.21. The van der Waals surface area contributed by atoms with Gasteiger partial charge in [0.1, 0.15) is 11.6 Å². The molecule has 3 atom stereocenters. The molecule has 0 spiro atoms. The van der Waals surface area contributed by atoms with Crippen LogP contribution in [0.1, 0.15) is 24.3 Å². The summed E-state index contributed by atoms with van der Waals surface area (Å²) in [5.41, 5.74) is 1.17. The van der Waals surface area contributed by atoms with Gasteiger partial charge in [0.2, 0.25) is 15.9 Å². The van der Waals surface area contributed by atoms with Gasteiger partial charge in [-0.25, -0.2) is 21.9 Å². The zero-order valence-electron chi connectivity index (χ0n) is 15.9. The molecular formula is C21H22F2N2O3S. The molecule has 2 aliphatic rings. The number of carbonyl (C=O) groups excluding carboxylic acids is 1. The Balaban J connectivity index is 1.53. The molecule has 1 N–H and O–H groups in total. The van der Waals surface area contributed by atoms with E-state index in [1.807, 2.05) is 0 Å². The van der Waals surface area contributed by atoms with E-state index >= 15 is 0 Å². The first-order chi connectivity index (χ1) is 13.7. The van der Waals surface area contributed by atoms with Crippen molar-refractivity contribution in [2.24, 2.45) is 5.92 Å². The van der Waals surface area contributed by atoms with E-state index in [-0.39, 0.29) is 23.8 Å². The van der Waals surface area contributed by atoms with Crippen LogP contribution in [0.5, 0.6) is 0 Å². The van der Waals surface area contributed by atoms with Crippen LogP contribution in [-0.4, -0.2) is 44.6 Å². The summed E-state index contributed by atoms with van der Waals surface area (Å²) >= 11 is 0. The lowest BCUT2D eigenvalue weighted by atomic mass is 9.95. The molecule has 0 bridgehead atoms. The quantitative estimate of drug-likeness (QED) is 0.809. The van der Waals surface area contributed by atoms with Crippen molar-refractivity contribution in [2.45, 2.75) is 24.8 Å². The maximum absolute atomic E-state index is 14.7. The number of hydrogen-bond donors (Lipinski definition) is 1. The van der Waals surface area contributed by atoms with Gasteiger partial charge in [0.25, 0.3) is 0 Å². The second kappa shape index (κ2) is 7.50. The van der Waals surface area contributed by atoms with Crippen LogP contribution in [0.25, 0.3) is 11.1 Å². The third-order valence-corrected chi connectivity index (χ3v) is 6.34. The first kappa shape index (κ1) is 20.0. The first-order valence-electron chi connectivity index (χ1n) is 9.54. The summed E-state index contributed by atoms with van der Waals surface area (Å²) in [6.07, 6.45) is 2.15. The monoisotopic (exact) mass is 420 g/mol. The van der Waals surface area contributed by atoms with E-state index in [1.165, 1.54) is 12.1 Å². The van der Waals surface area contributed by atoms with Crippen LogP contribution >= 0.6 is 0 Å². The van der Waals surface area contributed by atoms with Crippen LogP contribution < -0.4 is 4.72 Å². The number of carbonyl (C=O) groups is 1. The fourth-order valence-corrected chi connectivity index (χ4v) is 5.01. The van der Waals surface area contributed by atoms with Crippen molar-refractivity contribution in [3.05, 3.63) is 59.7 Å². The van der Waals surface area contributed by atoms with Crippen molar-refractivity contribution in [1.82, 2.24) is 9.62 Å². The van der Waals surface area contributed by atoms with Crippen LogP contribution in [0.3, 0.4) is 0 Å². The van der Waals surface area contributed by atoms with Crippen LogP contribution in [0.2, 0.25) is 0 Å². The molecule has 2 aromatic carbocycles. The minimum absolute atomic E-state index is 0.101. The Bertz CT molecular complexity index is 1060. The number of nitrogens with zero attached hydrogens (tertiary/aromatic N) is 1. The number of hydrogen-bond acceptors (Lipinski definition) is 3. The number of likely N-dealkylation sites (tertiary alicyclic amines) is 1. The number of benzene rings is 2. The molecule has 0 aromatic heterocycles. The highest BCUT2D eigenvalue weighted by Crippen LogP contribution is 2.52. The van der Waals surface area contributed by atoms with Crippen molar-refractivity contribution in [1.29, 1.82) is 0 Å². The molecule has 29 heavy (non-hydrogen) atoms. The van der Waals surface area contributed by atoms with Gasteiger partial charge < -0.3 is 4.90 Å². The molecule has 1 aliphatic heterocycles. The molecule has 8 heteroatoms. The molecule has 2 fully saturated rings. The van der Waals surface area contributed by atoms with Gasteiger partial charge in [0.15, 0.2) is 0 Å². The summed E-state index contributed by atoms with van der Waals surface area (Å²) in [7, 11) is -3.33. The zero-order chi connectivity index (χ0) is 20.8. The topological polar surface area (TPSA) is 66.5 Å². The van der Waals surface area contributed by atoms with E-state index in [0.29, 0.717) is 42.6 Å². The number of nitrogens with one attached hydrogen (secondary N) is 1. The van der Waals surface area contributed by atoms with Crippen molar-refractivity contribution in [3.63, 3.8) is 0 Å². The Morgan fingerprint density at radius 3 is 2.48 bits per heavy atom. The summed E-state index contributed by atoms with van der Waals surface area (Å²) in [6.45, 7) is 0.777. The van der Waals surface area contributed by atoms with Crippen LogP contribution in [0.4, 0.5) is 8.78 Å². The van der Waals surface area contributed by atoms with E-state index in [4.69, 9.17) is 0 Å². The van der Waals surface area contributed by atoms with Crippen LogP contribution in [-0.2, 0) is 14.8 Å². The van der Waals surface area contributed by atoms with Crippen molar-refractivity contribution >= 4 is 15.9 Å². The molecule has 0 unspecified atom stereocenters. The second-order valence-corrected chi connectivity index (χ2v) is 9.57. The minimum Gasteiger partial charge on any atom is -0.341 e. The Labute approximate surface area is 168 Å². The number of amides is 1. The third-order valence-electron chi connectivity index (χ3n) is 5.58. The van der Waals surface area contributed by atoms with Gasteiger partial charge in [-0.05, 0) is 42.0 Å². The van der Waals surface area contributed by atoms with Gasteiger partial charge >= 0.3 is 0 Å². The molecule has 0 radical (unpaired) electrons. The molecule has 2 aromatic rings. The Kier molecular flexibility index (Phi) is 5.16. The molecule has 4 rings (SSSR count). The largest absolute Gasteiger partial charge is 0.341 e. The minimum atomic E-state index is -3.33.